The first-order chi connectivity index (χ1) is 10.0. The van der Waals surface area contributed by atoms with Crippen molar-refractivity contribution in [1.29, 1.82) is 0 Å². The van der Waals surface area contributed by atoms with Crippen LogP contribution in [0, 0.1) is 11.7 Å². The Morgan fingerprint density at radius 2 is 2.24 bits per heavy atom. The van der Waals surface area contributed by atoms with E-state index in [1.807, 2.05) is 13.8 Å². The van der Waals surface area contributed by atoms with Gasteiger partial charge < -0.3 is 9.88 Å². The number of rotatable bonds is 6. The van der Waals surface area contributed by atoms with Crippen LogP contribution in [0.5, 0.6) is 0 Å². The molecule has 0 saturated heterocycles. The number of imidazole rings is 1. The molecule has 0 aliphatic heterocycles. The maximum Gasteiger partial charge on any atom is 0.221 e. The number of halogens is 2. The topological polar surface area (TPSA) is 46.9 Å². The maximum atomic E-state index is 13.7. The standard InChI is InChI=1S/C15H19ClFN3O/c1-10(2)9-18-14(21)6-7-20-12-5-3-4-11(17)15(12)19-13(20)8-16/h3-5,10H,6-9H2,1-2H3,(H,18,21). The number of carbonyl (C=O) groups is 1. The molecule has 0 fully saturated rings. The Balaban J connectivity index is 2.14. The van der Waals surface area contributed by atoms with Gasteiger partial charge in [0, 0.05) is 19.5 Å². The van der Waals surface area contributed by atoms with Gasteiger partial charge >= 0.3 is 0 Å². The second-order valence-electron chi connectivity index (χ2n) is 5.37. The van der Waals surface area contributed by atoms with Gasteiger partial charge in [0.25, 0.3) is 0 Å². The Bertz CT molecular complexity index is 639. The van der Waals surface area contributed by atoms with Crippen molar-refractivity contribution in [1.82, 2.24) is 14.9 Å². The molecule has 114 valence electrons. The molecule has 0 bridgehead atoms. The van der Waals surface area contributed by atoms with Gasteiger partial charge in [0.15, 0.2) is 5.82 Å². The summed E-state index contributed by atoms with van der Waals surface area (Å²) in [4.78, 5) is 16.0. The van der Waals surface area contributed by atoms with Crippen molar-refractivity contribution in [3.05, 3.63) is 29.8 Å². The van der Waals surface area contributed by atoms with Gasteiger partial charge in [-0.3, -0.25) is 4.79 Å². The van der Waals surface area contributed by atoms with Crippen LogP contribution in [0.4, 0.5) is 4.39 Å². The molecule has 2 rings (SSSR count). The molecule has 4 nitrogen and oxygen atoms in total. The van der Waals surface area contributed by atoms with Crippen LogP contribution in [-0.4, -0.2) is 22.0 Å². The van der Waals surface area contributed by atoms with Crippen LogP contribution in [0.2, 0.25) is 0 Å². The first-order valence-electron chi connectivity index (χ1n) is 6.99. The van der Waals surface area contributed by atoms with Crippen LogP contribution in [0.1, 0.15) is 26.1 Å². The maximum absolute atomic E-state index is 13.7. The van der Waals surface area contributed by atoms with E-state index in [-0.39, 0.29) is 17.6 Å². The highest BCUT2D eigenvalue weighted by Crippen LogP contribution is 2.20. The number of nitrogens with one attached hydrogen (secondary N) is 1. The number of fused-ring (bicyclic) bond motifs is 1. The zero-order chi connectivity index (χ0) is 15.4. The van der Waals surface area contributed by atoms with E-state index in [1.165, 1.54) is 6.07 Å². The second-order valence-corrected chi connectivity index (χ2v) is 5.64. The van der Waals surface area contributed by atoms with Crippen LogP contribution in [0.3, 0.4) is 0 Å². The second kappa shape index (κ2) is 6.89. The number of alkyl halides is 1. The van der Waals surface area contributed by atoms with Gasteiger partial charge in [0.1, 0.15) is 11.3 Å². The van der Waals surface area contributed by atoms with Gasteiger partial charge in [-0.25, -0.2) is 9.37 Å². The fourth-order valence-corrected chi connectivity index (χ4v) is 2.34. The van der Waals surface area contributed by atoms with Crippen molar-refractivity contribution in [2.24, 2.45) is 5.92 Å². The summed E-state index contributed by atoms with van der Waals surface area (Å²) in [5, 5.41) is 2.86. The largest absolute Gasteiger partial charge is 0.356 e. The molecule has 1 N–H and O–H groups in total. The molecule has 1 aromatic heterocycles. The van der Waals surface area contributed by atoms with E-state index < -0.39 is 0 Å². The third kappa shape index (κ3) is 3.73. The molecule has 0 aliphatic rings. The predicted molar refractivity (Wildman–Crippen MR) is 81.7 cm³/mol. The normalized spacial score (nSPS) is 11.3. The summed E-state index contributed by atoms with van der Waals surface area (Å²) in [5.74, 6) is 0.773. The van der Waals surface area contributed by atoms with E-state index in [2.05, 4.69) is 10.3 Å². The van der Waals surface area contributed by atoms with Crippen molar-refractivity contribution in [2.75, 3.05) is 6.54 Å². The monoisotopic (exact) mass is 311 g/mol. The van der Waals surface area contributed by atoms with E-state index in [1.54, 1.807) is 16.7 Å². The van der Waals surface area contributed by atoms with Gasteiger partial charge in [-0.05, 0) is 18.1 Å². The fraction of sp³-hybridized carbons (Fsp3) is 0.467. The van der Waals surface area contributed by atoms with Crippen LogP contribution >= 0.6 is 11.6 Å². The van der Waals surface area contributed by atoms with E-state index in [4.69, 9.17) is 11.6 Å². The lowest BCUT2D eigenvalue weighted by atomic mass is 10.2. The van der Waals surface area contributed by atoms with Crippen molar-refractivity contribution in [2.45, 2.75) is 32.7 Å². The van der Waals surface area contributed by atoms with Crippen molar-refractivity contribution in [3.63, 3.8) is 0 Å². The minimum Gasteiger partial charge on any atom is -0.356 e. The highest BCUT2D eigenvalue weighted by molar-refractivity contribution is 6.16. The lowest BCUT2D eigenvalue weighted by molar-refractivity contribution is -0.121. The number of carbonyl (C=O) groups excluding carboxylic acids is 1. The number of aromatic nitrogens is 2. The summed E-state index contributed by atoms with van der Waals surface area (Å²) in [6.45, 7) is 5.17. The van der Waals surface area contributed by atoms with Gasteiger partial charge in [-0.1, -0.05) is 19.9 Å². The third-order valence-electron chi connectivity index (χ3n) is 3.20. The molecular formula is C15H19ClFN3O. The first kappa shape index (κ1) is 15.8. The highest BCUT2D eigenvalue weighted by atomic mass is 35.5. The molecular weight excluding hydrogens is 293 g/mol. The molecule has 1 amide bonds. The van der Waals surface area contributed by atoms with Gasteiger partial charge in [-0.15, -0.1) is 11.6 Å². The minimum atomic E-state index is -0.373. The quantitative estimate of drug-likeness (QED) is 0.833. The molecule has 6 heteroatoms. The highest BCUT2D eigenvalue weighted by Gasteiger charge is 2.14. The number of hydrogen-bond acceptors (Lipinski definition) is 2. The molecule has 0 unspecified atom stereocenters. The number of para-hydroxylation sites is 1. The molecule has 1 aromatic carbocycles. The number of hydrogen-bond donors (Lipinski definition) is 1. The van der Waals surface area contributed by atoms with Crippen LogP contribution in [-0.2, 0) is 17.2 Å². The summed E-state index contributed by atoms with van der Waals surface area (Å²) in [6.07, 6.45) is 0.318. The molecule has 0 spiro atoms. The number of nitrogens with zero attached hydrogens (tertiary/aromatic N) is 2. The smallest absolute Gasteiger partial charge is 0.221 e. The van der Waals surface area contributed by atoms with Crippen LogP contribution in [0.15, 0.2) is 18.2 Å². The Morgan fingerprint density at radius 3 is 2.90 bits per heavy atom. The van der Waals surface area contributed by atoms with Crippen molar-refractivity contribution in [3.8, 4) is 0 Å². The molecule has 0 radical (unpaired) electrons. The summed E-state index contributed by atoms with van der Waals surface area (Å²) < 4.78 is 15.5. The number of amides is 1. The summed E-state index contributed by atoms with van der Waals surface area (Å²) in [5.41, 5.74) is 0.970. The van der Waals surface area contributed by atoms with Gasteiger partial charge in [0.05, 0.1) is 11.4 Å². The van der Waals surface area contributed by atoms with E-state index in [0.29, 0.717) is 42.3 Å². The van der Waals surface area contributed by atoms with Gasteiger partial charge in [-0.2, -0.15) is 0 Å². The van der Waals surface area contributed by atoms with E-state index >= 15 is 0 Å². The zero-order valence-corrected chi connectivity index (χ0v) is 13.0. The molecule has 0 saturated carbocycles. The Morgan fingerprint density at radius 1 is 1.48 bits per heavy atom. The Hall–Kier alpha value is -1.62. The van der Waals surface area contributed by atoms with Gasteiger partial charge in [0.2, 0.25) is 5.91 Å². The Kier molecular flexibility index (Phi) is 5.17. The van der Waals surface area contributed by atoms with Crippen molar-refractivity contribution < 1.29 is 9.18 Å². The van der Waals surface area contributed by atoms with Crippen LogP contribution in [0.25, 0.3) is 11.0 Å². The average molecular weight is 312 g/mol. The molecule has 2 aromatic rings. The Labute approximate surface area is 128 Å². The third-order valence-corrected chi connectivity index (χ3v) is 3.44. The average Bonchev–Trinajstić information content (AvgIpc) is 2.82. The molecule has 0 aliphatic carbocycles. The van der Waals surface area contributed by atoms with Crippen LogP contribution < -0.4 is 5.32 Å². The number of aryl methyl sites for hydroxylation is 1. The fourth-order valence-electron chi connectivity index (χ4n) is 2.13. The van der Waals surface area contributed by atoms with E-state index in [0.717, 1.165) is 0 Å². The number of benzene rings is 1. The summed E-state index contributed by atoms with van der Waals surface area (Å²) in [7, 11) is 0. The molecule has 1 heterocycles. The minimum absolute atomic E-state index is 0.0255. The van der Waals surface area contributed by atoms with Crippen molar-refractivity contribution >= 4 is 28.5 Å². The molecule has 0 atom stereocenters. The lowest BCUT2D eigenvalue weighted by Gasteiger charge is -2.10. The first-order valence-corrected chi connectivity index (χ1v) is 7.52. The predicted octanol–water partition coefficient (Wildman–Crippen LogP) is 3.08. The lowest BCUT2D eigenvalue weighted by Crippen LogP contribution is -2.28. The SMILES string of the molecule is CC(C)CNC(=O)CCn1c(CCl)nc2c(F)cccc21. The van der Waals surface area contributed by atoms with E-state index in [9.17, 15) is 9.18 Å². The summed E-state index contributed by atoms with van der Waals surface area (Å²) >= 11 is 5.87. The summed E-state index contributed by atoms with van der Waals surface area (Å²) in [6, 6.07) is 4.78. The molecule has 21 heavy (non-hydrogen) atoms. The zero-order valence-electron chi connectivity index (χ0n) is 12.2.